The van der Waals surface area contributed by atoms with Gasteiger partial charge in [0.1, 0.15) is 5.69 Å². The quantitative estimate of drug-likeness (QED) is 0.579. The van der Waals surface area contributed by atoms with Crippen LogP contribution in [-0.2, 0) is 4.74 Å². The molecule has 3 rings (SSSR count). The summed E-state index contributed by atoms with van der Waals surface area (Å²) in [6.07, 6.45) is 0. The summed E-state index contributed by atoms with van der Waals surface area (Å²) < 4.78 is 10.1. The molecule has 1 N–H and O–H groups in total. The summed E-state index contributed by atoms with van der Waals surface area (Å²) >= 11 is 0. The number of esters is 1. The monoisotopic (exact) mass is 402 g/mol. The molecule has 0 bridgehead atoms. The SMILES string of the molecule is CCOC(=O)c1[nH]c(C)c(C(=O)CN2CCN(C(=O)c3cc(C)no3)CC2)c1C. The van der Waals surface area contributed by atoms with Gasteiger partial charge in [0.25, 0.3) is 5.91 Å². The van der Waals surface area contributed by atoms with Crippen molar-refractivity contribution in [3.63, 3.8) is 0 Å². The zero-order valence-electron chi connectivity index (χ0n) is 17.2. The van der Waals surface area contributed by atoms with E-state index >= 15 is 0 Å². The molecule has 156 valence electrons. The summed E-state index contributed by atoms with van der Waals surface area (Å²) in [6, 6.07) is 1.62. The maximum absolute atomic E-state index is 12.9. The van der Waals surface area contributed by atoms with Gasteiger partial charge in [-0.3, -0.25) is 14.5 Å². The lowest BCUT2D eigenvalue weighted by molar-refractivity contribution is 0.0518. The van der Waals surface area contributed by atoms with Crippen molar-refractivity contribution in [2.45, 2.75) is 27.7 Å². The third-order valence-electron chi connectivity index (χ3n) is 5.06. The minimum atomic E-state index is -0.457. The molecule has 1 aliphatic heterocycles. The summed E-state index contributed by atoms with van der Waals surface area (Å²) in [4.78, 5) is 44.0. The van der Waals surface area contributed by atoms with Crippen LogP contribution in [-0.4, -0.2) is 76.9 Å². The van der Waals surface area contributed by atoms with Crippen molar-refractivity contribution in [3.05, 3.63) is 40.0 Å². The van der Waals surface area contributed by atoms with Gasteiger partial charge >= 0.3 is 5.97 Å². The Balaban J connectivity index is 1.60. The van der Waals surface area contributed by atoms with Gasteiger partial charge in [0.05, 0.1) is 18.8 Å². The molecule has 1 aliphatic rings. The van der Waals surface area contributed by atoms with E-state index in [1.807, 2.05) is 4.90 Å². The largest absolute Gasteiger partial charge is 0.461 e. The predicted octanol–water partition coefficient (Wildman–Crippen LogP) is 1.75. The molecule has 0 saturated carbocycles. The van der Waals surface area contributed by atoms with Gasteiger partial charge in [-0.25, -0.2) is 4.79 Å². The number of hydrogen-bond donors (Lipinski definition) is 1. The van der Waals surface area contributed by atoms with Gasteiger partial charge in [-0.05, 0) is 33.3 Å². The number of amides is 1. The lowest BCUT2D eigenvalue weighted by Gasteiger charge is -2.33. The van der Waals surface area contributed by atoms with Gasteiger partial charge < -0.3 is 19.1 Å². The first-order valence-corrected chi connectivity index (χ1v) is 9.66. The smallest absolute Gasteiger partial charge is 0.355 e. The molecule has 0 aromatic carbocycles. The molecule has 2 aromatic rings. The summed E-state index contributed by atoms with van der Waals surface area (Å²) in [7, 11) is 0. The molecule has 9 heteroatoms. The van der Waals surface area contributed by atoms with Crippen molar-refractivity contribution >= 4 is 17.7 Å². The number of aromatic amines is 1. The number of carbonyl (C=O) groups is 3. The average Bonchev–Trinajstić information content (AvgIpc) is 3.25. The number of nitrogens with zero attached hydrogens (tertiary/aromatic N) is 3. The Hall–Kier alpha value is -2.94. The highest BCUT2D eigenvalue weighted by atomic mass is 16.5. The van der Waals surface area contributed by atoms with Crippen molar-refractivity contribution in [1.29, 1.82) is 0 Å². The van der Waals surface area contributed by atoms with E-state index in [1.165, 1.54) is 0 Å². The van der Waals surface area contributed by atoms with Crippen LogP contribution in [0.15, 0.2) is 10.6 Å². The maximum Gasteiger partial charge on any atom is 0.355 e. The molecule has 1 amide bonds. The van der Waals surface area contributed by atoms with Crippen LogP contribution in [0.25, 0.3) is 0 Å². The van der Waals surface area contributed by atoms with Gasteiger partial charge in [-0.15, -0.1) is 0 Å². The number of ether oxygens (including phenoxy) is 1. The van der Waals surface area contributed by atoms with E-state index in [-0.39, 0.29) is 30.6 Å². The minimum Gasteiger partial charge on any atom is -0.461 e. The van der Waals surface area contributed by atoms with E-state index in [0.29, 0.717) is 54.4 Å². The highest BCUT2D eigenvalue weighted by Gasteiger charge is 2.28. The molecule has 1 fully saturated rings. The van der Waals surface area contributed by atoms with Crippen LogP contribution in [0.4, 0.5) is 0 Å². The van der Waals surface area contributed by atoms with Gasteiger partial charge in [0.2, 0.25) is 5.76 Å². The van der Waals surface area contributed by atoms with Crippen LogP contribution >= 0.6 is 0 Å². The second-order valence-corrected chi connectivity index (χ2v) is 7.17. The number of piperazine rings is 1. The first kappa shape index (κ1) is 20.8. The second-order valence-electron chi connectivity index (χ2n) is 7.17. The fourth-order valence-corrected chi connectivity index (χ4v) is 3.59. The molecular formula is C20H26N4O5. The van der Waals surface area contributed by atoms with Crippen LogP contribution < -0.4 is 0 Å². The number of H-pyrrole nitrogens is 1. The molecule has 3 heterocycles. The summed E-state index contributed by atoms with van der Waals surface area (Å²) in [5, 5.41) is 3.75. The Morgan fingerprint density at radius 3 is 2.45 bits per heavy atom. The van der Waals surface area contributed by atoms with Crippen LogP contribution in [0.1, 0.15) is 55.3 Å². The van der Waals surface area contributed by atoms with Crippen molar-refractivity contribution in [1.82, 2.24) is 19.9 Å². The van der Waals surface area contributed by atoms with E-state index in [9.17, 15) is 14.4 Å². The fourth-order valence-electron chi connectivity index (χ4n) is 3.59. The van der Waals surface area contributed by atoms with Crippen molar-refractivity contribution in [2.24, 2.45) is 0 Å². The summed E-state index contributed by atoms with van der Waals surface area (Å²) in [6.45, 7) is 9.70. The number of ketones is 1. The average molecular weight is 402 g/mol. The highest BCUT2D eigenvalue weighted by Crippen LogP contribution is 2.20. The maximum atomic E-state index is 12.9. The van der Waals surface area contributed by atoms with E-state index in [2.05, 4.69) is 10.1 Å². The number of rotatable bonds is 6. The van der Waals surface area contributed by atoms with Gasteiger partial charge in [-0.1, -0.05) is 5.16 Å². The zero-order chi connectivity index (χ0) is 21.1. The topological polar surface area (TPSA) is 109 Å². The highest BCUT2D eigenvalue weighted by molar-refractivity contribution is 6.03. The molecule has 0 aliphatic carbocycles. The Morgan fingerprint density at radius 1 is 1.17 bits per heavy atom. The van der Waals surface area contributed by atoms with Crippen LogP contribution in [0, 0.1) is 20.8 Å². The van der Waals surface area contributed by atoms with E-state index < -0.39 is 5.97 Å². The normalized spacial score (nSPS) is 14.8. The first-order valence-electron chi connectivity index (χ1n) is 9.66. The Kier molecular flexibility index (Phi) is 6.17. The molecular weight excluding hydrogens is 376 g/mol. The Bertz CT molecular complexity index is 921. The molecule has 2 aromatic heterocycles. The molecule has 0 spiro atoms. The van der Waals surface area contributed by atoms with Gasteiger partial charge in [0, 0.05) is 43.5 Å². The van der Waals surface area contributed by atoms with Gasteiger partial charge in [0.15, 0.2) is 5.78 Å². The molecule has 1 saturated heterocycles. The lowest BCUT2D eigenvalue weighted by Crippen LogP contribution is -2.49. The zero-order valence-corrected chi connectivity index (χ0v) is 17.2. The number of nitrogens with one attached hydrogen (secondary N) is 1. The fraction of sp³-hybridized carbons (Fsp3) is 0.500. The number of hydrogen-bond acceptors (Lipinski definition) is 7. The number of carbonyl (C=O) groups excluding carboxylic acids is 3. The van der Waals surface area contributed by atoms with Crippen LogP contribution in [0.3, 0.4) is 0 Å². The molecule has 0 atom stereocenters. The number of aryl methyl sites for hydroxylation is 2. The predicted molar refractivity (Wildman–Crippen MR) is 104 cm³/mol. The van der Waals surface area contributed by atoms with Crippen molar-refractivity contribution in [3.8, 4) is 0 Å². The van der Waals surface area contributed by atoms with Gasteiger partial charge in [-0.2, -0.15) is 0 Å². The standard InChI is InChI=1S/C20H26N4O5/c1-5-28-20(27)18-13(3)17(14(4)21-18)15(25)11-23-6-8-24(9-7-23)19(26)16-10-12(2)22-29-16/h10,21H,5-9,11H2,1-4H3. The molecule has 0 unspecified atom stereocenters. The second kappa shape index (κ2) is 8.60. The van der Waals surface area contributed by atoms with Crippen molar-refractivity contribution < 1.29 is 23.6 Å². The van der Waals surface area contributed by atoms with Crippen LogP contribution in [0.5, 0.6) is 0 Å². The number of Topliss-reactive ketones (excluding diaryl/α,β-unsaturated/α-hetero) is 1. The number of aromatic nitrogens is 2. The minimum absolute atomic E-state index is 0.0579. The summed E-state index contributed by atoms with van der Waals surface area (Å²) in [5.74, 6) is -0.468. The third kappa shape index (κ3) is 4.40. The van der Waals surface area contributed by atoms with Crippen LogP contribution in [0.2, 0.25) is 0 Å². The van der Waals surface area contributed by atoms with E-state index in [1.54, 1.807) is 38.7 Å². The molecule has 9 nitrogen and oxygen atoms in total. The van der Waals surface area contributed by atoms with E-state index in [4.69, 9.17) is 9.26 Å². The lowest BCUT2D eigenvalue weighted by atomic mass is 10.0. The van der Waals surface area contributed by atoms with Crippen molar-refractivity contribution in [2.75, 3.05) is 39.3 Å². The Labute approximate surface area is 169 Å². The first-order chi connectivity index (χ1) is 13.8. The summed E-state index contributed by atoms with van der Waals surface area (Å²) in [5.41, 5.74) is 2.79. The third-order valence-corrected chi connectivity index (χ3v) is 5.06. The molecule has 29 heavy (non-hydrogen) atoms. The van der Waals surface area contributed by atoms with E-state index in [0.717, 1.165) is 0 Å². The Morgan fingerprint density at radius 2 is 1.86 bits per heavy atom. The molecule has 0 radical (unpaired) electrons.